The van der Waals surface area contributed by atoms with Gasteiger partial charge in [-0.2, -0.15) is 4.98 Å². The number of rotatable bonds is 3. The molecule has 0 bridgehead atoms. The summed E-state index contributed by atoms with van der Waals surface area (Å²) in [6, 6.07) is 2.95. The van der Waals surface area contributed by atoms with Crippen LogP contribution in [0.2, 0.25) is 0 Å². The highest BCUT2D eigenvalue weighted by Crippen LogP contribution is 2.15. The summed E-state index contributed by atoms with van der Waals surface area (Å²) in [6.07, 6.45) is 3.28. The minimum Gasteiger partial charge on any atom is -0.394 e. The minimum absolute atomic E-state index is 0.219. The Bertz CT molecular complexity index is 429. The summed E-state index contributed by atoms with van der Waals surface area (Å²) in [5.41, 5.74) is 6.27. The first-order valence-corrected chi connectivity index (χ1v) is 4.41. The minimum atomic E-state index is -0.636. The van der Waals surface area contributed by atoms with Gasteiger partial charge >= 0.3 is 0 Å². The highest BCUT2D eigenvalue weighted by atomic mass is 16.5. The maximum atomic E-state index is 8.80. The fourth-order valence-electron chi connectivity index (χ4n) is 1.08. The van der Waals surface area contributed by atoms with E-state index in [1.165, 1.54) is 0 Å². The van der Waals surface area contributed by atoms with Gasteiger partial charge in [-0.25, -0.2) is 0 Å². The molecule has 2 heterocycles. The molecule has 0 aromatic carbocycles. The molecule has 0 saturated carbocycles. The summed E-state index contributed by atoms with van der Waals surface area (Å²) in [4.78, 5) is 7.98. The zero-order chi connectivity index (χ0) is 10.7. The van der Waals surface area contributed by atoms with E-state index in [1.54, 1.807) is 18.5 Å². The molecule has 0 fully saturated rings. The Balaban J connectivity index is 2.28. The largest absolute Gasteiger partial charge is 0.394 e. The maximum absolute atomic E-state index is 8.80. The van der Waals surface area contributed by atoms with Gasteiger partial charge in [-0.3, -0.25) is 4.98 Å². The summed E-state index contributed by atoms with van der Waals surface area (Å²) in [7, 11) is 0. The first-order valence-electron chi connectivity index (χ1n) is 4.41. The van der Waals surface area contributed by atoms with E-state index in [-0.39, 0.29) is 12.5 Å². The van der Waals surface area contributed by atoms with Crippen molar-refractivity contribution in [1.29, 1.82) is 0 Å². The first kappa shape index (κ1) is 9.75. The van der Waals surface area contributed by atoms with Crippen molar-refractivity contribution in [3.8, 4) is 11.4 Å². The summed E-state index contributed by atoms with van der Waals surface area (Å²) in [6.45, 7) is -0.228. The van der Waals surface area contributed by atoms with E-state index in [1.807, 2.05) is 6.07 Å². The lowest BCUT2D eigenvalue weighted by molar-refractivity contribution is 0.237. The Morgan fingerprint density at radius 2 is 2.40 bits per heavy atom. The zero-order valence-electron chi connectivity index (χ0n) is 7.87. The average molecular weight is 206 g/mol. The second kappa shape index (κ2) is 4.16. The molecular weight excluding hydrogens is 196 g/mol. The molecule has 15 heavy (non-hydrogen) atoms. The van der Waals surface area contributed by atoms with Crippen molar-refractivity contribution in [3.05, 3.63) is 30.4 Å². The third-order valence-corrected chi connectivity index (χ3v) is 1.88. The van der Waals surface area contributed by atoms with Crippen LogP contribution >= 0.6 is 0 Å². The number of aliphatic hydroxyl groups is 1. The van der Waals surface area contributed by atoms with Crippen LogP contribution in [-0.4, -0.2) is 26.8 Å². The molecule has 0 unspecified atom stereocenters. The number of nitrogens with two attached hydrogens (primary N) is 1. The van der Waals surface area contributed by atoms with E-state index < -0.39 is 6.04 Å². The van der Waals surface area contributed by atoms with Gasteiger partial charge in [0.2, 0.25) is 11.7 Å². The predicted molar refractivity (Wildman–Crippen MR) is 51.5 cm³/mol. The fourth-order valence-corrected chi connectivity index (χ4v) is 1.08. The van der Waals surface area contributed by atoms with Crippen LogP contribution in [0.25, 0.3) is 11.4 Å². The Kier molecular flexibility index (Phi) is 2.70. The molecule has 6 heteroatoms. The van der Waals surface area contributed by atoms with Crippen molar-refractivity contribution in [3.63, 3.8) is 0 Å². The monoisotopic (exact) mass is 206 g/mol. The standard InChI is InChI=1S/C9H10N4O2/c10-7(5-14)9-12-8(13-15-9)6-2-1-3-11-4-6/h1-4,7,14H,5,10H2/t7-/m1/s1. The molecule has 2 rings (SSSR count). The molecule has 0 aliphatic carbocycles. The van der Waals surface area contributed by atoms with Crippen molar-refractivity contribution in [2.24, 2.45) is 5.73 Å². The number of hydrogen-bond acceptors (Lipinski definition) is 6. The Labute approximate surface area is 85.8 Å². The Morgan fingerprint density at radius 3 is 3.07 bits per heavy atom. The van der Waals surface area contributed by atoms with Crippen LogP contribution < -0.4 is 5.73 Å². The third-order valence-electron chi connectivity index (χ3n) is 1.88. The second-order valence-electron chi connectivity index (χ2n) is 2.99. The van der Waals surface area contributed by atoms with Crippen LogP contribution in [0.1, 0.15) is 11.9 Å². The van der Waals surface area contributed by atoms with Gasteiger partial charge in [0.1, 0.15) is 6.04 Å². The molecule has 0 spiro atoms. The Hall–Kier alpha value is -1.79. The quantitative estimate of drug-likeness (QED) is 0.740. The molecule has 0 amide bonds. The van der Waals surface area contributed by atoms with Gasteiger partial charge in [-0.05, 0) is 12.1 Å². The normalized spacial score (nSPS) is 12.7. The van der Waals surface area contributed by atoms with Crippen LogP contribution in [0.4, 0.5) is 0 Å². The highest BCUT2D eigenvalue weighted by Gasteiger charge is 2.14. The van der Waals surface area contributed by atoms with E-state index in [2.05, 4.69) is 15.1 Å². The fraction of sp³-hybridized carbons (Fsp3) is 0.222. The molecule has 0 radical (unpaired) electrons. The second-order valence-corrected chi connectivity index (χ2v) is 2.99. The van der Waals surface area contributed by atoms with Crippen molar-refractivity contribution in [1.82, 2.24) is 15.1 Å². The van der Waals surface area contributed by atoms with Gasteiger partial charge in [0.05, 0.1) is 6.61 Å². The van der Waals surface area contributed by atoms with Gasteiger partial charge in [-0.15, -0.1) is 0 Å². The van der Waals surface area contributed by atoms with Crippen molar-refractivity contribution >= 4 is 0 Å². The van der Waals surface area contributed by atoms with E-state index >= 15 is 0 Å². The number of pyridine rings is 1. The lowest BCUT2D eigenvalue weighted by Crippen LogP contribution is -2.14. The molecule has 0 saturated heterocycles. The number of nitrogens with zero attached hydrogens (tertiary/aromatic N) is 3. The van der Waals surface area contributed by atoms with Crippen LogP contribution in [0.3, 0.4) is 0 Å². The molecule has 2 aromatic rings. The molecule has 6 nitrogen and oxygen atoms in total. The van der Waals surface area contributed by atoms with E-state index in [0.29, 0.717) is 5.82 Å². The van der Waals surface area contributed by atoms with E-state index in [0.717, 1.165) is 5.56 Å². The number of aromatic nitrogens is 3. The lowest BCUT2D eigenvalue weighted by Gasteiger charge is -1.98. The SMILES string of the molecule is N[C@H](CO)c1nc(-c2cccnc2)no1. The third kappa shape index (κ3) is 2.00. The summed E-state index contributed by atoms with van der Waals surface area (Å²) in [5.74, 6) is 0.637. The topological polar surface area (TPSA) is 98.1 Å². The van der Waals surface area contributed by atoms with Gasteiger partial charge in [-0.1, -0.05) is 5.16 Å². The molecule has 3 N–H and O–H groups in total. The van der Waals surface area contributed by atoms with Crippen molar-refractivity contribution in [2.45, 2.75) is 6.04 Å². The smallest absolute Gasteiger partial charge is 0.246 e. The average Bonchev–Trinajstić information content (AvgIpc) is 2.78. The van der Waals surface area contributed by atoms with Gasteiger partial charge in [0.25, 0.3) is 0 Å². The van der Waals surface area contributed by atoms with E-state index in [4.69, 9.17) is 15.4 Å². The summed E-state index contributed by atoms with van der Waals surface area (Å²) >= 11 is 0. The molecule has 0 aliphatic heterocycles. The first-order chi connectivity index (χ1) is 7.31. The predicted octanol–water partition coefficient (Wildman–Crippen LogP) is 0.124. The van der Waals surface area contributed by atoms with Gasteiger partial charge in [0, 0.05) is 18.0 Å². The molecule has 78 valence electrons. The molecular formula is C9H10N4O2. The summed E-state index contributed by atoms with van der Waals surface area (Å²) < 4.78 is 4.90. The molecule has 0 aliphatic rings. The highest BCUT2D eigenvalue weighted by molar-refractivity contribution is 5.51. The molecule has 2 aromatic heterocycles. The number of aliphatic hydroxyl groups excluding tert-OH is 1. The number of hydrogen-bond donors (Lipinski definition) is 2. The lowest BCUT2D eigenvalue weighted by atomic mass is 10.3. The van der Waals surface area contributed by atoms with Crippen molar-refractivity contribution in [2.75, 3.05) is 6.61 Å². The Morgan fingerprint density at radius 1 is 1.53 bits per heavy atom. The summed E-state index contributed by atoms with van der Waals surface area (Å²) in [5, 5.41) is 12.5. The van der Waals surface area contributed by atoms with Crippen LogP contribution in [0.15, 0.2) is 29.0 Å². The van der Waals surface area contributed by atoms with Crippen LogP contribution in [0.5, 0.6) is 0 Å². The van der Waals surface area contributed by atoms with Crippen molar-refractivity contribution < 1.29 is 9.63 Å². The maximum Gasteiger partial charge on any atom is 0.246 e. The van der Waals surface area contributed by atoms with E-state index in [9.17, 15) is 0 Å². The van der Waals surface area contributed by atoms with Crippen LogP contribution in [0, 0.1) is 0 Å². The van der Waals surface area contributed by atoms with Gasteiger partial charge < -0.3 is 15.4 Å². The van der Waals surface area contributed by atoms with Gasteiger partial charge in [0.15, 0.2) is 0 Å². The molecule has 1 atom stereocenters. The van der Waals surface area contributed by atoms with Crippen LogP contribution in [-0.2, 0) is 0 Å². The zero-order valence-corrected chi connectivity index (χ0v) is 7.87.